The van der Waals surface area contributed by atoms with E-state index in [0.29, 0.717) is 23.0 Å². The van der Waals surface area contributed by atoms with E-state index in [1.807, 2.05) is 24.4 Å². The Morgan fingerprint density at radius 1 is 1.07 bits per heavy atom. The first-order chi connectivity index (χ1) is 14.7. The molecular formula is C21H24N6O3. The Morgan fingerprint density at radius 2 is 1.83 bits per heavy atom. The number of carbonyl (C=O) groups is 1. The zero-order valence-electron chi connectivity index (χ0n) is 17.0. The van der Waals surface area contributed by atoms with E-state index in [0.717, 1.165) is 31.7 Å². The van der Waals surface area contributed by atoms with Crippen LogP contribution in [0, 0.1) is 5.92 Å². The summed E-state index contributed by atoms with van der Waals surface area (Å²) in [5, 5.41) is 15.7. The molecule has 3 aromatic rings. The molecule has 0 bridgehead atoms. The van der Waals surface area contributed by atoms with Gasteiger partial charge in [0.05, 0.1) is 19.9 Å². The maximum atomic E-state index is 12.8. The number of benzene rings is 1. The van der Waals surface area contributed by atoms with E-state index in [4.69, 9.17) is 9.47 Å². The number of piperidine rings is 1. The summed E-state index contributed by atoms with van der Waals surface area (Å²) in [4.78, 5) is 14.9. The number of methoxy groups -OCH3 is 2. The van der Waals surface area contributed by atoms with Crippen molar-refractivity contribution in [3.63, 3.8) is 0 Å². The van der Waals surface area contributed by atoms with E-state index < -0.39 is 0 Å². The van der Waals surface area contributed by atoms with Crippen LogP contribution < -0.4 is 19.7 Å². The highest BCUT2D eigenvalue weighted by molar-refractivity contribution is 5.94. The second kappa shape index (κ2) is 8.81. The Kier molecular flexibility index (Phi) is 5.78. The standard InChI is InChI=1S/C21H24N6O3/c1-29-16-4-5-17(18(14-16)30-2)23-21(28)15-8-12-26(13-9-15)19-6-7-20(25-24-19)27-11-3-10-22-27/h3-7,10-11,14-15H,8-9,12-13H2,1-2H3,(H,23,28). The van der Waals surface area contributed by atoms with Crippen LogP contribution in [0.15, 0.2) is 48.8 Å². The molecule has 1 N–H and O–H groups in total. The molecule has 2 aromatic heterocycles. The van der Waals surface area contributed by atoms with Gasteiger partial charge in [-0.25, -0.2) is 4.68 Å². The minimum Gasteiger partial charge on any atom is -0.497 e. The van der Waals surface area contributed by atoms with E-state index in [2.05, 4.69) is 25.5 Å². The molecule has 1 aliphatic rings. The largest absolute Gasteiger partial charge is 0.497 e. The normalized spacial score (nSPS) is 14.4. The van der Waals surface area contributed by atoms with Gasteiger partial charge in [0.1, 0.15) is 11.5 Å². The van der Waals surface area contributed by atoms with Crippen LogP contribution >= 0.6 is 0 Å². The average Bonchev–Trinajstić information content (AvgIpc) is 3.34. The van der Waals surface area contributed by atoms with Crippen LogP contribution in [0.2, 0.25) is 0 Å². The van der Waals surface area contributed by atoms with Crippen molar-refractivity contribution in [1.29, 1.82) is 0 Å². The van der Waals surface area contributed by atoms with Crippen LogP contribution in [0.25, 0.3) is 5.82 Å². The summed E-state index contributed by atoms with van der Waals surface area (Å²) in [6.45, 7) is 1.49. The number of ether oxygens (including phenoxy) is 2. The van der Waals surface area contributed by atoms with Gasteiger partial charge in [0.25, 0.3) is 0 Å². The molecule has 0 aliphatic carbocycles. The predicted molar refractivity (Wildman–Crippen MR) is 112 cm³/mol. The monoisotopic (exact) mass is 408 g/mol. The Labute approximate surface area is 174 Å². The number of nitrogens with one attached hydrogen (secondary N) is 1. The lowest BCUT2D eigenvalue weighted by Crippen LogP contribution is -2.38. The van der Waals surface area contributed by atoms with Crippen molar-refractivity contribution >= 4 is 17.4 Å². The summed E-state index contributed by atoms with van der Waals surface area (Å²) in [6, 6.07) is 11.0. The van der Waals surface area contributed by atoms with Gasteiger partial charge in [-0.1, -0.05) is 0 Å². The molecule has 156 valence electrons. The van der Waals surface area contributed by atoms with Gasteiger partial charge in [-0.2, -0.15) is 5.10 Å². The van der Waals surface area contributed by atoms with Gasteiger partial charge in [-0.05, 0) is 43.2 Å². The third-order valence-corrected chi connectivity index (χ3v) is 5.23. The molecule has 3 heterocycles. The highest BCUT2D eigenvalue weighted by Gasteiger charge is 2.26. The minimum atomic E-state index is -0.0654. The fourth-order valence-electron chi connectivity index (χ4n) is 3.52. The summed E-state index contributed by atoms with van der Waals surface area (Å²) in [7, 11) is 3.16. The van der Waals surface area contributed by atoms with Gasteiger partial charge in [-0.3, -0.25) is 4.79 Å². The molecular weight excluding hydrogens is 384 g/mol. The van der Waals surface area contributed by atoms with Crippen LogP contribution in [-0.4, -0.2) is 53.2 Å². The van der Waals surface area contributed by atoms with Gasteiger partial charge in [0.15, 0.2) is 11.6 Å². The molecule has 0 atom stereocenters. The summed E-state index contributed by atoms with van der Waals surface area (Å²) in [5.41, 5.74) is 0.644. The topological polar surface area (TPSA) is 94.4 Å². The van der Waals surface area contributed by atoms with E-state index in [1.165, 1.54) is 0 Å². The lowest BCUT2D eigenvalue weighted by atomic mass is 9.95. The van der Waals surface area contributed by atoms with Gasteiger partial charge in [0.2, 0.25) is 5.91 Å². The SMILES string of the molecule is COc1ccc(NC(=O)C2CCN(c3ccc(-n4cccn4)nn3)CC2)c(OC)c1. The average molecular weight is 408 g/mol. The van der Waals surface area contributed by atoms with E-state index >= 15 is 0 Å². The highest BCUT2D eigenvalue weighted by atomic mass is 16.5. The summed E-state index contributed by atoms with van der Waals surface area (Å²) in [6.07, 6.45) is 5.01. The first kappa shape index (κ1) is 19.7. The van der Waals surface area contributed by atoms with Gasteiger partial charge < -0.3 is 19.7 Å². The Hall–Kier alpha value is -3.62. The first-order valence-corrected chi connectivity index (χ1v) is 9.79. The zero-order chi connectivity index (χ0) is 20.9. The van der Waals surface area contributed by atoms with Crippen molar-refractivity contribution in [2.45, 2.75) is 12.8 Å². The molecule has 1 aromatic carbocycles. The Morgan fingerprint density at radius 3 is 2.47 bits per heavy atom. The number of hydrogen-bond donors (Lipinski definition) is 1. The predicted octanol–water partition coefficient (Wildman–Crippen LogP) is 2.53. The van der Waals surface area contributed by atoms with Crippen molar-refractivity contribution in [2.24, 2.45) is 5.92 Å². The molecule has 0 radical (unpaired) electrons. The number of amides is 1. The summed E-state index contributed by atoms with van der Waals surface area (Å²) < 4.78 is 12.2. The molecule has 0 saturated carbocycles. The molecule has 30 heavy (non-hydrogen) atoms. The van der Waals surface area contributed by atoms with Crippen LogP contribution in [-0.2, 0) is 4.79 Å². The third-order valence-electron chi connectivity index (χ3n) is 5.23. The minimum absolute atomic E-state index is 0.00164. The molecule has 1 fully saturated rings. The second-order valence-corrected chi connectivity index (χ2v) is 7.02. The maximum absolute atomic E-state index is 12.8. The van der Waals surface area contributed by atoms with Gasteiger partial charge in [-0.15, -0.1) is 10.2 Å². The molecule has 1 aliphatic heterocycles. The number of nitrogens with zero attached hydrogens (tertiary/aromatic N) is 5. The third kappa shape index (κ3) is 4.19. The molecule has 1 saturated heterocycles. The smallest absolute Gasteiger partial charge is 0.227 e. The number of carbonyl (C=O) groups excluding carboxylic acids is 1. The van der Waals surface area contributed by atoms with Crippen molar-refractivity contribution in [1.82, 2.24) is 20.0 Å². The Balaban J connectivity index is 1.34. The van der Waals surface area contributed by atoms with Gasteiger partial charge >= 0.3 is 0 Å². The van der Waals surface area contributed by atoms with Crippen molar-refractivity contribution < 1.29 is 14.3 Å². The molecule has 4 rings (SSSR count). The van der Waals surface area contributed by atoms with Crippen molar-refractivity contribution in [3.8, 4) is 17.3 Å². The summed E-state index contributed by atoms with van der Waals surface area (Å²) in [5.74, 6) is 2.67. The van der Waals surface area contributed by atoms with Crippen LogP contribution in [0.3, 0.4) is 0 Å². The maximum Gasteiger partial charge on any atom is 0.227 e. The molecule has 0 spiro atoms. The molecule has 9 heteroatoms. The molecule has 0 unspecified atom stereocenters. The lowest BCUT2D eigenvalue weighted by Gasteiger charge is -2.31. The summed E-state index contributed by atoms with van der Waals surface area (Å²) >= 11 is 0. The number of hydrogen-bond acceptors (Lipinski definition) is 7. The number of aromatic nitrogens is 4. The van der Waals surface area contributed by atoms with E-state index in [9.17, 15) is 4.79 Å². The second-order valence-electron chi connectivity index (χ2n) is 7.02. The molecule has 1 amide bonds. The zero-order valence-corrected chi connectivity index (χ0v) is 17.0. The highest BCUT2D eigenvalue weighted by Crippen LogP contribution is 2.30. The fraction of sp³-hybridized carbons (Fsp3) is 0.333. The number of rotatable bonds is 6. The van der Waals surface area contributed by atoms with Crippen LogP contribution in [0.4, 0.5) is 11.5 Å². The number of anilines is 2. The van der Waals surface area contributed by atoms with Gasteiger partial charge in [0, 0.05) is 37.5 Å². The quantitative estimate of drug-likeness (QED) is 0.670. The van der Waals surface area contributed by atoms with Crippen molar-refractivity contribution in [2.75, 3.05) is 37.5 Å². The van der Waals surface area contributed by atoms with Crippen LogP contribution in [0.5, 0.6) is 11.5 Å². The van der Waals surface area contributed by atoms with Crippen LogP contribution in [0.1, 0.15) is 12.8 Å². The first-order valence-electron chi connectivity index (χ1n) is 9.79. The fourth-order valence-corrected chi connectivity index (χ4v) is 3.52. The Bertz CT molecular complexity index is 982. The lowest BCUT2D eigenvalue weighted by molar-refractivity contribution is -0.120. The van der Waals surface area contributed by atoms with E-state index in [-0.39, 0.29) is 11.8 Å². The van der Waals surface area contributed by atoms with E-state index in [1.54, 1.807) is 43.3 Å². The molecule has 9 nitrogen and oxygen atoms in total. The van der Waals surface area contributed by atoms with Crippen molar-refractivity contribution in [3.05, 3.63) is 48.8 Å².